The van der Waals surface area contributed by atoms with Gasteiger partial charge in [-0.3, -0.25) is 4.79 Å². The van der Waals surface area contributed by atoms with Gasteiger partial charge in [-0.1, -0.05) is 24.6 Å². The molecular formula is C21H22N2O4S. The summed E-state index contributed by atoms with van der Waals surface area (Å²) in [6.07, 6.45) is 3.31. The summed E-state index contributed by atoms with van der Waals surface area (Å²) >= 11 is 0. The maximum atomic E-state index is 12.7. The van der Waals surface area contributed by atoms with Gasteiger partial charge in [0.2, 0.25) is 15.9 Å². The van der Waals surface area contributed by atoms with Crippen molar-refractivity contribution in [3.8, 4) is 11.3 Å². The van der Waals surface area contributed by atoms with Crippen LogP contribution in [0.25, 0.3) is 22.3 Å². The first kappa shape index (κ1) is 18.7. The Morgan fingerprint density at radius 2 is 1.86 bits per heavy atom. The van der Waals surface area contributed by atoms with Gasteiger partial charge in [0.05, 0.1) is 6.26 Å². The number of benzene rings is 2. The number of anilines is 1. The number of rotatable bonds is 4. The lowest BCUT2D eigenvalue weighted by Crippen LogP contribution is -2.49. The highest BCUT2D eigenvalue weighted by atomic mass is 32.2. The summed E-state index contributed by atoms with van der Waals surface area (Å²) < 4.78 is 31.1. The van der Waals surface area contributed by atoms with Crippen molar-refractivity contribution < 1.29 is 17.6 Å². The molecule has 0 radical (unpaired) electrons. The van der Waals surface area contributed by atoms with Crippen molar-refractivity contribution in [2.24, 2.45) is 0 Å². The molecule has 1 amide bonds. The molecule has 146 valence electrons. The number of carbonyl (C=O) groups is 1. The van der Waals surface area contributed by atoms with E-state index >= 15 is 0 Å². The van der Waals surface area contributed by atoms with Gasteiger partial charge >= 0.3 is 0 Å². The van der Waals surface area contributed by atoms with Crippen LogP contribution in [0.1, 0.15) is 19.3 Å². The second-order valence-electron chi connectivity index (χ2n) is 7.10. The summed E-state index contributed by atoms with van der Waals surface area (Å²) in [4.78, 5) is 12.7. The molecular weight excluding hydrogens is 376 g/mol. The third kappa shape index (κ3) is 3.81. The molecule has 1 aliphatic heterocycles. The third-order valence-electron chi connectivity index (χ3n) is 5.04. The van der Waals surface area contributed by atoms with Crippen molar-refractivity contribution in [3.63, 3.8) is 0 Å². The van der Waals surface area contributed by atoms with Crippen molar-refractivity contribution in [3.05, 3.63) is 54.6 Å². The molecule has 2 heterocycles. The number of sulfonamides is 1. The number of carbonyl (C=O) groups excluding carboxylic acids is 1. The molecule has 0 saturated carbocycles. The minimum absolute atomic E-state index is 0.290. The van der Waals surface area contributed by atoms with Crippen LogP contribution in [-0.2, 0) is 14.8 Å². The Kier molecular flexibility index (Phi) is 4.95. The average Bonchev–Trinajstić information content (AvgIpc) is 3.12. The summed E-state index contributed by atoms with van der Waals surface area (Å²) in [6, 6.07) is 16.5. The van der Waals surface area contributed by atoms with Gasteiger partial charge in [-0.15, -0.1) is 0 Å². The van der Waals surface area contributed by atoms with Crippen LogP contribution in [0, 0.1) is 0 Å². The fraction of sp³-hybridized carbons (Fsp3) is 0.286. The SMILES string of the molecule is CS(=O)(=O)N1CCCC[C@@H]1C(=O)Nc1ccc(-c2cc3ccccc3o2)cc1. The molecule has 1 fully saturated rings. The highest BCUT2D eigenvalue weighted by molar-refractivity contribution is 7.88. The van der Waals surface area contributed by atoms with Gasteiger partial charge in [0.25, 0.3) is 0 Å². The Hall–Kier alpha value is -2.64. The van der Waals surface area contributed by atoms with Crippen molar-refractivity contribution in [1.82, 2.24) is 4.31 Å². The predicted molar refractivity (Wildman–Crippen MR) is 109 cm³/mol. The zero-order chi connectivity index (χ0) is 19.7. The van der Waals surface area contributed by atoms with Crippen molar-refractivity contribution in [2.75, 3.05) is 18.1 Å². The molecule has 1 aromatic heterocycles. The number of piperidine rings is 1. The lowest BCUT2D eigenvalue weighted by molar-refractivity contribution is -0.120. The number of fused-ring (bicyclic) bond motifs is 1. The van der Waals surface area contributed by atoms with Crippen LogP contribution in [0.5, 0.6) is 0 Å². The zero-order valence-corrected chi connectivity index (χ0v) is 16.4. The molecule has 0 spiro atoms. The van der Waals surface area contributed by atoms with E-state index in [-0.39, 0.29) is 5.91 Å². The van der Waals surface area contributed by atoms with Crippen LogP contribution >= 0.6 is 0 Å². The average molecular weight is 398 g/mol. The topological polar surface area (TPSA) is 79.6 Å². The van der Waals surface area contributed by atoms with E-state index in [1.165, 1.54) is 4.31 Å². The number of nitrogens with one attached hydrogen (secondary N) is 1. The molecule has 0 aliphatic carbocycles. The van der Waals surface area contributed by atoms with Crippen LogP contribution in [-0.4, -0.2) is 37.5 Å². The molecule has 7 heteroatoms. The summed E-state index contributed by atoms with van der Waals surface area (Å²) in [7, 11) is -3.41. The Bertz CT molecular complexity index is 1070. The minimum atomic E-state index is -3.41. The standard InChI is InChI=1S/C21H22N2O4S/c1-28(25,26)23-13-5-4-7-18(23)21(24)22-17-11-9-15(10-12-17)20-14-16-6-2-3-8-19(16)27-20/h2-3,6,8-12,14,18H,4-5,7,13H2,1H3,(H,22,24)/t18-/m1/s1. The van der Waals surface area contributed by atoms with E-state index in [9.17, 15) is 13.2 Å². The first-order valence-electron chi connectivity index (χ1n) is 9.28. The zero-order valence-electron chi connectivity index (χ0n) is 15.6. The number of amides is 1. The molecule has 4 rings (SSSR count). The number of hydrogen-bond acceptors (Lipinski definition) is 4. The second-order valence-corrected chi connectivity index (χ2v) is 9.04. The van der Waals surface area contributed by atoms with Gasteiger partial charge in [0.15, 0.2) is 0 Å². The fourth-order valence-corrected chi connectivity index (χ4v) is 4.76. The van der Waals surface area contributed by atoms with E-state index in [0.717, 1.165) is 41.4 Å². The molecule has 6 nitrogen and oxygen atoms in total. The molecule has 1 N–H and O–H groups in total. The number of hydrogen-bond donors (Lipinski definition) is 1. The van der Waals surface area contributed by atoms with Gasteiger partial charge in [-0.05, 0) is 49.2 Å². The molecule has 0 bridgehead atoms. The van der Waals surface area contributed by atoms with E-state index in [4.69, 9.17) is 4.42 Å². The van der Waals surface area contributed by atoms with E-state index in [1.54, 1.807) is 12.1 Å². The van der Waals surface area contributed by atoms with Gasteiger partial charge < -0.3 is 9.73 Å². The Labute approximate surface area is 164 Å². The van der Waals surface area contributed by atoms with Crippen LogP contribution in [0.15, 0.2) is 59.0 Å². The molecule has 0 unspecified atom stereocenters. The van der Waals surface area contributed by atoms with Crippen LogP contribution in [0.4, 0.5) is 5.69 Å². The molecule has 1 saturated heterocycles. The Morgan fingerprint density at radius 1 is 1.11 bits per heavy atom. The Balaban J connectivity index is 1.50. The van der Waals surface area contributed by atoms with Crippen molar-refractivity contribution >= 4 is 32.6 Å². The maximum Gasteiger partial charge on any atom is 0.242 e. The highest BCUT2D eigenvalue weighted by Crippen LogP contribution is 2.29. The number of nitrogens with zero attached hydrogens (tertiary/aromatic N) is 1. The first-order chi connectivity index (χ1) is 13.4. The highest BCUT2D eigenvalue weighted by Gasteiger charge is 2.34. The van der Waals surface area contributed by atoms with Crippen LogP contribution in [0.2, 0.25) is 0 Å². The van der Waals surface area contributed by atoms with E-state index in [1.807, 2.05) is 42.5 Å². The maximum absolute atomic E-state index is 12.7. The van der Waals surface area contributed by atoms with E-state index in [0.29, 0.717) is 18.7 Å². The minimum Gasteiger partial charge on any atom is -0.456 e. The van der Waals surface area contributed by atoms with E-state index in [2.05, 4.69) is 5.32 Å². The quantitative estimate of drug-likeness (QED) is 0.724. The molecule has 28 heavy (non-hydrogen) atoms. The van der Waals surface area contributed by atoms with Crippen molar-refractivity contribution in [2.45, 2.75) is 25.3 Å². The molecule has 1 atom stereocenters. The van der Waals surface area contributed by atoms with E-state index < -0.39 is 16.1 Å². The smallest absolute Gasteiger partial charge is 0.242 e. The lowest BCUT2D eigenvalue weighted by Gasteiger charge is -2.32. The van der Waals surface area contributed by atoms with Gasteiger partial charge in [0.1, 0.15) is 17.4 Å². The fourth-order valence-electron chi connectivity index (χ4n) is 3.63. The third-order valence-corrected chi connectivity index (χ3v) is 6.33. The van der Waals surface area contributed by atoms with Gasteiger partial charge in [0, 0.05) is 23.2 Å². The predicted octanol–water partition coefficient (Wildman–Crippen LogP) is 3.85. The molecule has 2 aromatic carbocycles. The summed E-state index contributed by atoms with van der Waals surface area (Å²) in [5.74, 6) is 0.469. The lowest BCUT2D eigenvalue weighted by atomic mass is 10.0. The first-order valence-corrected chi connectivity index (χ1v) is 11.1. The van der Waals surface area contributed by atoms with Crippen molar-refractivity contribution in [1.29, 1.82) is 0 Å². The summed E-state index contributed by atoms with van der Waals surface area (Å²) in [5.41, 5.74) is 2.36. The monoisotopic (exact) mass is 398 g/mol. The van der Waals surface area contributed by atoms with Crippen LogP contribution < -0.4 is 5.32 Å². The number of para-hydroxylation sites is 1. The molecule has 3 aromatic rings. The normalized spacial score (nSPS) is 18.2. The largest absolute Gasteiger partial charge is 0.456 e. The Morgan fingerprint density at radius 3 is 2.57 bits per heavy atom. The van der Waals surface area contributed by atoms with Gasteiger partial charge in [-0.25, -0.2) is 8.42 Å². The number of furan rings is 1. The van der Waals surface area contributed by atoms with Gasteiger partial charge in [-0.2, -0.15) is 4.31 Å². The summed E-state index contributed by atoms with van der Waals surface area (Å²) in [5, 5.41) is 3.88. The molecule has 1 aliphatic rings. The summed E-state index contributed by atoms with van der Waals surface area (Å²) in [6.45, 7) is 0.391. The van der Waals surface area contributed by atoms with Crippen LogP contribution in [0.3, 0.4) is 0 Å². The second kappa shape index (κ2) is 7.41.